The molecule has 2 N–H and O–H groups in total. The van der Waals surface area contributed by atoms with Crippen LogP contribution in [0.1, 0.15) is 24.8 Å². The van der Waals surface area contributed by atoms with E-state index in [-0.39, 0.29) is 0 Å². The van der Waals surface area contributed by atoms with Gasteiger partial charge in [-0.15, -0.1) is 0 Å². The Bertz CT molecular complexity index is 717. The molecule has 0 radical (unpaired) electrons. The Morgan fingerprint density at radius 2 is 2.04 bits per heavy atom. The molecule has 0 amide bonds. The van der Waals surface area contributed by atoms with Gasteiger partial charge in [0.1, 0.15) is 17.3 Å². The van der Waals surface area contributed by atoms with E-state index in [2.05, 4.69) is 19.8 Å². The third kappa shape index (κ3) is 2.82. The van der Waals surface area contributed by atoms with Crippen LogP contribution in [0.4, 0.5) is 11.6 Å². The standard InChI is InChI=1S/C18H24N6/c1-13-16(19)21-17(15-7-2-4-8-20-15)22-18(13)24-11-10-23-9-5-3-6-14(23)12-24/h2,4,7-8,14H,3,5-6,9-12H2,1H3,(H2,19,21,22). The molecule has 2 aliphatic heterocycles. The Morgan fingerprint density at radius 1 is 1.12 bits per heavy atom. The quantitative estimate of drug-likeness (QED) is 0.912. The number of pyridine rings is 1. The number of nitrogens with zero attached hydrogens (tertiary/aromatic N) is 5. The monoisotopic (exact) mass is 324 g/mol. The van der Waals surface area contributed by atoms with E-state index in [1.807, 2.05) is 25.1 Å². The van der Waals surface area contributed by atoms with Crippen LogP contribution in [0.15, 0.2) is 24.4 Å². The maximum absolute atomic E-state index is 6.18. The predicted octanol–water partition coefficient (Wildman–Crippen LogP) is 2.10. The molecule has 0 saturated carbocycles. The smallest absolute Gasteiger partial charge is 0.182 e. The van der Waals surface area contributed by atoms with Gasteiger partial charge in [-0.2, -0.15) is 0 Å². The highest BCUT2D eigenvalue weighted by molar-refractivity contribution is 5.63. The van der Waals surface area contributed by atoms with Gasteiger partial charge in [0, 0.05) is 37.4 Å². The van der Waals surface area contributed by atoms with E-state index < -0.39 is 0 Å². The van der Waals surface area contributed by atoms with E-state index in [4.69, 9.17) is 10.7 Å². The zero-order chi connectivity index (χ0) is 16.5. The molecule has 2 aliphatic rings. The second-order valence-electron chi connectivity index (χ2n) is 6.73. The van der Waals surface area contributed by atoms with E-state index in [0.29, 0.717) is 17.7 Å². The van der Waals surface area contributed by atoms with Crippen LogP contribution in [-0.2, 0) is 0 Å². The second-order valence-corrected chi connectivity index (χ2v) is 6.73. The molecule has 4 rings (SSSR count). The SMILES string of the molecule is Cc1c(N)nc(-c2ccccn2)nc1N1CCN2CCCCC2C1. The lowest BCUT2D eigenvalue weighted by Crippen LogP contribution is -2.55. The number of nitrogens with two attached hydrogens (primary N) is 1. The van der Waals surface area contributed by atoms with Gasteiger partial charge in [-0.25, -0.2) is 9.97 Å². The number of nitrogen functional groups attached to an aromatic ring is 1. The minimum Gasteiger partial charge on any atom is -0.383 e. The van der Waals surface area contributed by atoms with Gasteiger partial charge in [0.2, 0.25) is 0 Å². The van der Waals surface area contributed by atoms with Gasteiger partial charge in [-0.05, 0) is 38.4 Å². The summed E-state index contributed by atoms with van der Waals surface area (Å²) < 4.78 is 0. The summed E-state index contributed by atoms with van der Waals surface area (Å²) in [7, 11) is 0. The summed E-state index contributed by atoms with van der Waals surface area (Å²) in [5.41, 5.74) is 7.92. The summed E-state index contributed by atoms with van der Waals surface area (Å²) in [6.07, 6.45) is 5.71. The zero-order valence-corrected chi connectivity index (χ0v) is 14.1. The van der Waals surface area contributed by atoms with Crippen LogP contribution in [0, 0.1) is 6.92 Å². The number of piperidine rings is 1. The van der Waals surface area contributed by atoms with Crippen molar-refractivity contribution >= 4 is 11.6 Å². The third-order valence-electron chi connectivity index (χ3n) is 5.19. The third-order valence-corrected chi connectivity index (χ3v) is 5.19. The molecule has 2 aromatic heterocycles. The molecular weight excluding hydrogens is 300 g/mol. The number of fused-ring (bicyclic) bond motifs is 1. The second kappa shape index (κ2) is 6.36. The molecule has 6 nitrogen and oxygen atoms in total. The average molecular weight is 324 g/mol. The van der Waals surface area contributed by atoms with E-state index >= 15 is 0 Å². The van der Waals surface area contributed by atoms with Crippen LogP contribution in [-0.4, -0.2) is 52.1 Å². The van der Waals surface area contributed by atoms with Crippen LogP contribution in [0.2, 0.25) is 0 Å². The first kappa shape index (κ1) is 15.3. The number of anilines is 2. The molecule has 0 aromatic carbocycles. The molecule has 1 unspecified atom stereocenters. The van der Waals surface area contributed by atoms with E-state index in [0.717, 1.165) is 36.7 Å². The van der Waals surface area contributed by atoms with Gasteiger partial charge in [-0.3, -0.25) is 9.88 Å². The summed E-state index contributed by atoms with van der Waals surface area (Å²) in [6, 6.07) is 6.40. The molecular formula is C18H24N6. The topological polar surface area (TPSA) is 71.2 Å². The molecule has 0 bridgehead atoms. The highest BCUT2D eigenvalue weighted by Crippen LogP contribution is 2.29. The van der Waals surface area contributed by atoms with E-state index in [9.17, 15) is 0 Å². The molecule has 2 aromatic rings. The number of hydrogen-bond donors (Lipinski definition) is 1. The van der Waals surface area contributed by atoms with Crippen LogP contribution in [0.25, 0.3) is 11.5 Å². The Balaban J connectivity index is 1.66. The molecule has 0 aliphatic carbocycles. The van der Waals surface area contributed by atoms with Gasteiger partial charge < -0.3 is 10.6 Å². The van der Waals surface area contributed by atoms with Crippen LogP contribution >= 0.6 is 0 Å². The summed E-state index contributed by atoms with van der Waals surface area (Å²) in [5.74, 6) is 2.12. The van der Waals surface area contributed by atoms with Crippen LogP contribution in [0.5, 0.6) is 0 Å². The summed E-state index contributed by atoms with van der Waals surface area (Å²) in [6.45, 7) is 6.38. The first-order valence-electron chi connectivity index (χ1n) is 8.77. The van der Waals surface area contributed by atoms with Gasteiger partial charge in [0.25, 0.3) is 0 Å². The molecule has 6 heteroatoms. The van der Waals surface area contributed by atoms with E-state index in [1.54, 1.807) is 6.20 Å². The van der Waals surface area contributed by atoms with Gasteiger partial charge in [0.05, 0.1) is 0 Å². The minimum absolute atomic E-state index is 0.548. The number of aromatic nitrogens is 3. The van der Waals surface area contributed by atoms with Crippen molar-refractivity contribution in [3.63, 3.8) is 0 Å². The zero-order valence-electron chi connectivity index (χ0n) is 14.1. The van der Waals surface area contributed by atoms with Crippen LogP contribution in [0.3, 0.4) is 0 Å². The van der Waals surface area contributed by atoms with Crippen LogP contribution < -0.4 is 10.6 Å². The fraction of sp³-hybridized carbons (Fsp3) is 0.500. The number of rotatable bonds is 2. The first-order valence-corrected chi connectivity index (χ1v) is 8.77. The average Bonchev–Trinajstić information content (AvgIpc) is 2.64. The molecule has 1 atom stereocenters. The van der Waals surface area contributed by atoms with Crippen molar-refractivity contribution in [3.8, 4) is 11.5 Å². The number of hydrogen-bond acceptors (Lipinski definition) is 6. The predicted molar refractivity (Wildman–Crippen MR) is 95.8 cm³/mol. The normalized spacial score (nSPS) is 21.5. The van der Waals surface area contributed by atoms with Crippen molar-refractivity contribution in [1.29, 1.82) is 0 Å². The van der Waals surface area contributed by atoms with E-state index in [1.165, 1.54) is 25.8 Å². The van der Waals surface area contributed by atoms with Crippen molar-refractivity contribution in [3.05, 3.63) is 30.0 Å². The summed E-state index contributed by atoms with van der Waals surface area (Å²) in [5, 5.41) is 0. The Labute approximate surface area is 142 Å². The molecule has 2 saturated heterocycles. The Hall–Kier alpha value is -2.21. The Kier molecular flexibility index (Phi) is 4.06. The fourth-order valence-corrected chi connectivity index (χ4v) is 3.79. The maximum atomic E-state index is 6.18. The van der Waals surface area contributed by atoms with Crippen molar-refractivity contribution < 1.29 is 0 Å². The molecule has 0 spiro atoms. The van der Waals surface area contributed by atoms with Gasteiger partial charge >= 0.3 is 0 Å². The largest absolute Gasteiger partial charge is 0.383 e. The molecule has 24 heavy (non-hydrogen) atoms. The molecule has 4 heterocycles. The van der Waals surface area contributed by atoms with Crippen molar-refractivity contribution in [2.75, 3.05) is 36.8 Å². The van der Waals surface area contributed by atoms with Gasteiger partial charge in [0.15, 0.2) is 5.82 Å². The Morgan fingerprint density at radius 3 is 2.88 bits per heavy atom. The first-order chi connectivity index (χ1) is 11.7. The fourth-order valence-electron chi connectivity index (χ4n) is 3.79. The van der Waals surface area contributed by atoms with Crippen molar-refractivity contribution in [2.24, 2.45) is 0 Å². The summed E-state index contributed by atoms with van der Waals surface area (Å²) in [4.78, 5) is 18.6. The number of piperazine rings is 1. The minimum atomic E-state index is 0.548. The molecule has 2 fully saturated rings. The maximum Gasteiger partial charge on any atom is 0.182 e. The molecule has 126 valence electrons. The lowest BCUT2D eigenvalue weighted by Gasteiger charge is -2.44. The van der Waals surface area contributed by atoms with Crippen molar-refractivity contribution in [1.82, 2.24) is 19.9 Å². The van der Waals surface area contributed by atoms with Gasteiger partial charge in [-0.1, -0.05) is 12.5 Å². The van der Waals surface area contributed by atoms with Crippen molar-refractivity contribution in [2.45, 2.75) is 32.2 Å². The highest BCUT2D eigenvalue weighted by atomic mass is 15.3. The lowest BCUT2D eigenvalue weighted by atomic mass is 9.99. The lowest BCUT2D eigenvalue weighted by molar-refractivity contribution is 0.133. The summed E-state index contributed by atoms with van der Waals surface area (Å²) >= 11 is 0. The highest BCUT2D eigenvalue weighted by Gasteiger charge is 2.30.